The number of aliphatic carboxylic acids is 1. The van der Waals surface area contributed by atoms with Gasteiger partial charge in [0.05, 0.1) is 38.4 Å². The molecule has 3 saturated heterocycles. The van der Waals surface area contributed by atoms with Crippen molar-refractivity contribution in [3.05, 3.63) is 0 Å². The fraction of sp³-hybridized carbons (Fsp3) is 0.722. The van der Waals surface area contributed by atoms with Crippen molar-refractivity contribution in [2.75, 3.05) is 52.4 Å². The lowest BCUT2D eigenvalue weighted by molar-refractivity contribution is -0.148. The van der Waals surface area contributed by atoms with E-state index in [1.165, 1.54) is 16.7 Å². The summed E-state index contributed by atoms with van der Waals surface area (Å²) in [5, 5.41) is 48.3. The van der Waals surface area contributed by atoms with E-state index in [9.17, 15) is 58.2 Å². The van der Waals surface area contributed by atoms with Crippen LogP contribution in [0, 0.1) is 5.92 Å². The minimum atomic E-state index is -1.56. The summed E-state index contributed by atoms with van der Waals surface area (Å²) in [6.45, 7) is 2.83. The van der Waals surface area contributed by atoms with E-state index in [0.29, 0.717) is 25.8 Å². The summed E-state index contributed by atoms with van der Waals surface area (Å²) in [4.78, 5) is 130. The number of carbonyl (C=O) groups is 10. The summed E-state index contributed by atoms with van der Waals surface area (Å²) in [6.07, 6.45) is 1.50. The molecule has 9 amide bonds. The van der Waals surface area contributed by atoms with Gasteiger partial charge in [0.1, 0.15) is 36.8 Å². The van der Waals surface area contributed by atoms with Gasteiger partial charge in [-0.3, -0.25) is 47.9 Å². The molecule has 0 aliphatic carbocycles. The molecule has 330 valence electrons. The molecule has 11 N–H and O–H groups in total. The van der Waals surface area contributed by atoms with Crippen LogP contribution in [0.15, 0.2) is 0 Å². The van der Waals surface area contributed by atoms with E-state index in [4.69, 9.17) is 5.11 Å². The second kappa shape index (κ2) is 23.2. The van der Waals surface area contributed by atoms with Gasteiger partial charge in [-0.1, -0.05) is 13.8 Å². The molecule has 3 fully saturated rings. The molecule has 3 aliphatic heterocycles. The van der Waals surface area contributed by atoms with Crippen LogP contribution in [-0.4, -0.2) is 179 Å². The lowest BCUT2D eigenvalue weighted by Crippen LogP contribution is -2.60. The molecule has 3 aliphatic rings. The third-order valence-corrected chi connectivity index (χ3v) is 9.98. The Hall–Kier alpha value is -5.42. The first-order chi connectivity index (χ1) is 27.9. The Morgan fingerprint density at radius 2 is 1.27 bits per heavy atom. The second-order valence-electron chi connectivity index (χ2n) is 15.1. The van der Waals surface area contributed by atoms with Gasteiger partial charge in [0.2, 0.25) is 53.2 Å². The number of nitrogens with one attached hydrogen (secondary N) is 8. The summed E-state index contributed by atoms with van der Waals surface area (Å²) in [6, 6.07) is -6.63. The molecule has 3 heterocycles. The predicted octanol–water partition coefficient (Wildman–Crippen LogP) is -5.86. The van der Waals surface area contributed by atoms with Crippen LogP contribution in [0.4, 0.5) is 0 Å². The molecule has 0 spiro atoms. The molecule has 0 aromatic rings. The number of hydrogen-bond acceptors (Lipinski definition) is 13. The Kier molecular flexibility index (Phi) is 18.9. The van der Waals surface area contributed by atoms with Gasteiger partial charge in [0.25, 0.3) is 0 Å². The van der Waals surface area contributed by atoms with Crippen LogP contribution in [0.25, 0.3) is 0 Å². The van der Waals surface area contributed by atoms with E-state index in [2.05, 4.69) is 42.5 Å². The molecule has 23 heteroatoms. The Bertz CT molecular complexity index is 1570. The largest absolute Gasteiger partial charge is 0.480 e. The molecular weight excluding hydrogens is 780 g/mol. The molecule has 3 rings (SSSR count). The number of aliphatic hydroxyl groups excluding tert-OH is 2. The molecule has 0 saturated carbocycles. The van der Waals surface area contributed by atoms with Gasteiger partial charge in [-0.15, -0.1) is 0 Å². The van der Waals surface area contributed by atoms with Crippen LogP contribution in [0.5, 0.6) is 0 Å². The number of carboxylic acid groups (broad SMARTS) is 1. The molecule has 0 aromatic carbocycles. The van der Waals surface area contributed by atoms with E-state index < -0.39 is 116 Å². The van der Waals surface area contributed by atoms with Crippen molar-refractivity contribution in [3.8, 4) is 0 Å². The zero-order valence-electron chi connectivity index (χ0n) is 33.5. The maximum atomic E-state index is 14.1. The third kappa shape index (κ3) is 14.7. The van der Waals surface area contributed by atoms with Crippen molar-refractivity contribution >= 4 is 59.1 Å². The number of likely N-dealkylation sites (tertiary alicyclic amines) is 2. The van der Waals surface area contributed by atoms with Crippen molar-refractivity contribution in [1.29, 1.82) is 0 Å². The van der Waals surface area contributed by atoms with Crippen molar-refractivity contribution in [1.82, 2.24) is 52.3 Å². The topological polar surface area (TPSA) is 334 Å². The first-order valence-corrected chi connectivity index (χ1v) is 19.8. The van der Waals surface area contributed by atoms with Crippen molar-refractivity contribution in [2.45, 2.75) is 108 Å². The maximum Gasteiger partial charge on any atom is 0.322 e. The first-order valence-electron chi connectivity index (χ1n) is 19.8. The summed E-state index contributed by atoms with van der Waals surface area (Å²) in [7, 11) is 0. The van der Waals surface area contributed by atoms with E-state index in [0.717, 1.165) is 6.42 Å². The fourth-order valence-electron chi connectivity index (χ4n) is 7.00. The van der Waals surface area contributed by atoms with Gasteiger partial charge in [0.15, 0.2) is 0 Å². The highest BCUT2D eigenvalue weighted by molar-refractivity contribution is 5.98. The summed E-state index contributed by atoms with van der Waals surface area (Å²) < 4.78 is 0. The smallest absolute Gasteiger partial charge is 0.322 e. The number of aliphatic hydroxyl groups is 2. The number of hydrogen-bond donors (Lipinski definition) is 11. The first kappa shape index (κ1) is 48.0. The number of carbonyl (C=O) groups excluding carboxylic acids is 9. The number of rotatable bonds is 21. The summed E-state index contributed by atoms with van der Waals surface area (Å²) in [5.74, 6) is -7.75. The summed E-state index contributed by atoms with van der Waals surface area (Å²) in [5.41, 5.74) is 0. The van der Waals surface area contributed by atoms with Gasteiger partial charge < -0.3 is 67.7 Å². The van der Waals surface area contributed by atoms with Crippen molar-refractivity contribution in [3.63, 3.8) is 0 Å². The standard InChI is InChI=1S/C36H58N10O13/c1-19(2)13-22(42-34(57)30(20(3)48)44-28(51)16-39-26(49)14-38-27(50)15-40-31(54)21-7-4-10-37-21)35(58)46-12-6-9-25(46)36(59)45-11-5-8-24(45)33(56)43-23(18-47)32(55)41-17-29(52)53/h19-25,30,37,47-48H,4-18H2,1-3H3,(H,38,50)(H,39,49)(H,40,54)(H,41,55)(H,42,57)(H,43,56)(H,44,51)(H,52,53). The molecule has 0 radical (unpaired) electrons. The Labute approximate surface area is 340 Å². The monoisotopic (exact) mass is 838 g/mol. The van der Waals surface area contributed by atoms with Crippen LogP contribution in [-0.2, 0) is 47.9 Å². The zero-order valence-corrected chi connectivity index (χ0v) is 33.5. The highest BCUT2D eigenvalue weighted by Crippen LogP contribution is 2.26. The normalized spacial score (nSPS) is 20.7. The Morgan fingerprint density at radius 1 is 0.661 bits per heavy atom. The Morgan fingerprint density at radius 3 is 1.85 bits per heavy atom. The summed E-state index contributed by atoms with van der Waals surface area (Å²) >= 11 is 0. The predicted molar refractivity (Wildman–Crippen MR) is 204 cm³/mol. The van der Waals surface area contributed by atoms with Gasteiger partial charge in [-0.2, -0.15) is 0 Å². The number of carboxylic acids is 1. The lowest BCUT2D eigenvalue weighted by atomic mass is 10.0. The minimum Gasteiger partial charge on any atom is -0.480 e. The van der Waals surface area contributed by atoms with E-state index in [-0.39, 0.29) is 56.8 Å². The minimum absolute atomic E-state index is 0.118. The van der Waals surface area contributed by atoms with Gasteiger partial charge in [-0.05, 0) is 64.3 Å². The number of nitrogens with zero attached hydrogens (tertiary/aromatic N) is 2. The Balaban J connectivity index is 1.57. The molecule has 0 aromatic heterocycles. The van der Waals surface area contributed by atoms with Crippen LogP contribution in [0.2, 0.25) is 0 Å². The maximum absolute atomic E-state index is 14.1. The van der Waals surface area contributed by atoms with Gasteiger partial charge in [-0.25, -0.2) is 0 Å². The zero-order chi connectivity index (χ0) is 43.8. The lowest BCUT2D eigenvalue weighted by Gasteiger charge is -2.34. The third-order valence-electron chi connectivity index (χ3n) is 9.98. The molecule has 7 atom stereocenters. The average Bonchev–Trinajstić information content (AvgIpc) is 4.00. The van der Waals surface area contributed by atoms with E-state index >= 15 is 0 Å². The van der Waals surface area contributed by atoms with Crippen molar-refractivity contribution < 1.29 is 63.3 Å². The van der Waals surface area contributed by atoms with E-state index in [1.807, 2.05) is 0 Å². The van der Waals surface area contributed by atoms with Gasteiger partial charge >= 0.3 is 5.97 Å². The van der Waals surface area contributed by atoms with E-state index in [1.54, 1.807) is 13.8 Å². The SMILES string of the molecule is CC(C)CC(NC(=O)C(NC(=O)CNC(=O)CNC(=O)CNC(=O)C1CCCN1)C(C)O)C(=O)N1CCCC1C(=O)N1CCCC1C(=O)NC(CO)C(=O)NCC(=O)O. The average molecular weight is 839 g/mol. The molecule has 23 nitrogen and oxygen atoms in total. The van der Waals surface area contributed by atoms with Crippen LogP contribution < -0.4 is 42.5 Å². The second-order valence-corrected chi connectivity index (χ2v) is 15.1. The highest BCUT2D eigenvalue weighted by atomic mass is 16.4. The molecule has 0 bridgehead atoms. The molecule has 59 heavy (non-hydrogen) atoms. The van der Waals surface area contributed by atoms with Crippen LogP contribution >= 0.6 is 0 Å². The van der Waals surface area contributed by atoms with Crippen LogP contribution in [0.3, 0.4) is 0 Å². The van der Waals surface area contributed by atoms with Gasteiger partial charge in [0, 0.05) is 13.1 Å². The number of amides is 9. The quantitative estimate of drug-likeness (QED) is 0.0513. The molecular formula is C36H58N10O13. The van der Waals surface area contributed by atoms with Crippen LogP contribution in [0.1, 0.15) is 65.7 Å². The fourth-order valence-corrected chi connectivity index (χ4v) is 7.00. The highest BCUT2D eigenvalue weighted by Gasteiger charge is 2.44. The van der Waals surface area contributed by atoms with Crippen molar-refractivity contribution in [2.24, 2.45) is 5.92 Å². The molecule has 7 unspecified atom stereocenters.